The van der Waals surface area contributed by atoms with Crippen LogP contribution in [-0.2, 0) is 23.0 Å². The molecule has 1 aromatic heterocycles. The fraction of sp³-hybridized carbons (Fsp3) is 0.471. The van der Waals surface area contributed by atoms with Crippen LogP contribution in [0.15, 0.2) is 35.5 Å². The van der Waals surface area contributed by atoms with Crippen LogP contribution in [0.5, 0.6) is 11.5 Å². The van der Waals surface area contributed by atoms with E-state index in [-0.39, 0.29) is 10.8 Å². The molecule has 0 saturated carbocycles. The average Bonchev–Trinajstić information content (AvgIpc) is 3.09. The number of imidazole rings is 1. The standard InChI is InChI=1S/C17H21N3O4S/c1-19(11-13-5-6-16-18-7-8-20(16)12-13)25(21,22)15-4-2-3-14-17(15)24-10-9-23-14/h2-4,7-8,13H,5-6,9-12H2,1H3/t13-/m1/s1. The van der Waals surface area contributed by atoms with E-state index in [2.05, 4.69) is 9.55 Å². The fourth-order valence-electron chi connectivity index (χ4n) is 3.47. The lowest BCUT2D eigenvalue weighted by Gasteiger charge is -2.28. The average molecular weight is 363 g/mol. The SMILES string of the molecule is CN(C[C@H]1CCc2nccn2C1)S(=O)(=O)c1cccc2c1OCCO2. The molecule has 0 saturated heterocycles. The van der Waals surface area contributed by atoms with Crippen LogP contribution in [0.2, 0.25) is 0 Å². The van der Waals surface area contributed by atoms with E-state index in [0.29, 0.717) is 31.3 Å². The molecule has 1 atom stereocenters. The maximum Gasteiger partial charge on any atom is 0.246 e. The minimum atomic E-state index is -3.64. The summed E-state index contributed by atoms with van der Waals surface area (Å²) in [5.41, 5.74) is 0. The molecule has 2 aliphatic heterocycles. The Morgan fingerprint density at radius 1 is 1.32 bits per heavy atom. The second-order valence-corrected chi connectivity index (χ2v) is 8.48. The van der Waals surface area contributed by atoms with E-state index in [4.69, 9.17) is 9.47 Å². The van der Waals surface area contributed by atoms with Crippen molar-refractivity contribution >= 4 is 10.0 Å². The number of para-hydroxylation sites is 1. The Bertz CT molecular complexity index is 878. The molecular weight excluding hydrogens is 342 g/mol. The van der Waals surface area contributed by atoms with E-state index in [1.165, 1.54) is 4.31 Å². The van der Waals surface area contributed by atoms with E-state index < -0.39 is 10.0 Å². The summed E-state index contributed by atoms with van der Waals surface area (Å²) in [6.45, 7) is 2.04. The van der Waals surface area contributed by atoms with Crippen LogP contribution >= 0.6 is 0 Å². The van der Waals surface area contributed by atoms with Gasteiger partial charge in [-0.2, -0.15) is 0 Å². The second-order valence-electron chi connectivity index (χ2n) is 6.47. The van der Waals surface area contributed by atoms with Crippen LogP contribution in [0, 0.1) is 5.92 Å². The van der Waals surface area contributed by atoms with Crippen molar-refractivity contribution in [1.29, 1.82) is 0 Å². The summed E-state index contributed by atoms with van der Waals surface area (Å²) in [6.07, 6.45) is 5.56. The van der Waals surface area contributed by atoms with Crippen molar-refractivity contribution in [3.8, 4) is 11.5 Å². The van der Waals surface area contributed by atoms with Crippen molar-refractivity contribution < 1.29 is 17.9 Å². The molecule has 8 heteroatoms. The number of hydrogen-bond acceptors (Lipinski definition) is 5. The van der Waals surface area contributed by atoms with Gasteiger partial charge in [0.05, 0.1) is 0 Å². The lowest BCUT2D eigenvalue weighted by atomic mass is 10.00. The number of aryl methyl sites for hydroxylation is 1. The zero-order valence-electron chi connectivity index (χ0n) is 14.1. The van der Waals surface area contributed by atoms with Gasteiger partial charge < -0.3 is 14.0 Å². The molecular formula is C17H21N3O4S. The molecule has 0 aliphatic carbocycles. The molecule has 0 fully saturated rings. The number of fused-ring (bicyclic) bond motifs is 2. The minimum absolute atomic E-state index is 0.173. The molecule has 0 radical (unpaired) electrons. The van der Waals surface area contributed by atoms with E-state index in [9.17, 15) is 8.42 Å². The van der Waals surface area contributed by atoms with Crippen LogP contribution in [0.25, 0.3) is 0 Å². The molecule has 0 N–H and O–H groups in total. The summed E-state index contributed by atoms with van der Waals surface area (Å²) in [4.78, 5) is 4.49. The predicted molar refractivity (Wildman–Crippen MR) is 91.3 cm³/mol. The molecule has 0 bridgehead atoms. The maximum atomic E-state index is 13.0. The second kappa shape index (κ2) is 6.34. The first-order chi connectivity index (χ1) is 12.1. The molecule has 7 nitrogen and oxygen atoms in total. The highest BCUT2D eigenvalue weighted by molar-refractivity contribution is 7.89. The highest BCUT2D eigenvalue weighted by Gasteiger charge is 2.31. The zero-order valence-corrected chi connectivity index (χ0v) is 14.9. The van der Waals surface area contributed by atoms with Crippen molar-refractivity contribution in [3.05, 3.63) is 36.4 Å². The predicted octanol–water partition coefficient (Wildman–Crippen LogP) is 1.54. The number of ether oxygens (including phenoxy) is 2. The quantitative estimate of drug-likeness (QED) is 0.824. The Morgan fingerprint density at radius 3 is 3.04 bits per heavy atom. The topological polar surface area (TPSA) is 73.7 Å². The highest BCUT2D eigenvalue weighted by atomic mass is 32.2. The molecule has 0 amide bonds. The number of rotatable bonds is 4. The molecule has 2 aliphatic rings. The van der Waals surface area contributed by atoms with Crippen molar-refractivity contribution in [2.24, 2.45) is 5.92 Å². The van der Waals surface area contributed by atoms with Crippen LogP contribution in [0.1, 0.15) is 12.2 Å². The highest BCUT2D eigenvalue weighted by Crippen LogP contribution is 2.37. The Balaban J connectivity index is 1.55. The lowest BCUT2D eigenvalue weighted by molar-refractivity contribution is 0.166. The molecule has 3 heterocycles. The summed E-state index contributed by atoms with van der Waals surface area (Å²) in [5, 5.41) is 0. The van der Waals surface area contributed by atoms with Crippen molar-refractivity contribution in [3.63, 3.8) is 0 Å². The van der Waals surface area contributed by atoms with Crippen LogP contribution in [-0.4, -0.2) is 49.1 Å². The Hall–Kier alpha value is -2.06. The Kier molecular flexibility index (Phi) is 4.16. The smallest absolute Gasteiger partial charge is 0.246 e. The summed E-state index contributed by atoms with van der Waals surface area (Å²) in [7, 11) is -2.01. The van der Waals surface area contributed by atoms with E-state index >= 15 is 0 Å². The first kappa shape index (κ1) is 16.4. The summed E-state index contributed by atoms with van der Waals surface area (Å²) in [6, 6.07) is 5.00. The van der Waals surface area contributed by atoms with Gasteiger partial charge in [0.25, 0.3) is 0 Å². The number of nitrogens with zero attached hydrogens (tertiary/aromatic N) is 3. The third-order valence-corrected chi connectivity index (χ3v) is 6.61. The van der Waals surface area contributed by atoms with Crippen molar-refractivity contribution in [2.75, 3.05) is 26.8 Å². The van der Waals surface area contributed by atoms with Crippen LogP contribution in [0.3, 0.4) is 0 Å². The Labute approximate surface area is 147 Å². The van der Waals surface area contributed by atoms with Gasteiger partial charge in [0.1, 0.15) is 23.9 Å². The largest absolute Gasteiger partial charge is 0.486 e. The zero-order chi connectivity index (χ0) is 17.4. The molecule has 4 rings (SSSR count). The third kappa shape index (κ3) is 3.00. The van der Waals surface area contributed by atoms with Gasteiger partial charge in [-0.25, -0.2) is 17.7 Å². The number of benzene rings is 1. The van der Waals surface area contributed by atoms with Gasteiger partial charge >= 0.3 is 0 Å². The van der Waals surface area contributed by atoms with E-state index in [0.717, 1.165) is 25.2 Å². The number of aromatic nitrogens is 2. The monoisotopic (exact) mass is 363 g/mol. The van der Waals surface area contributed by atoms with Gasteiger partial charge in [-0.3, -0.25) is 0 Å². The van der Waals surface area contributed by atoms with Crippen molar-refractivity contribution in [2.45, 2.75) is 24.3 Å². The molecule has 0 spiro atoms. The first-order valence-corrected chi connectivity index (χ1v) is 9.84. The first-order valence-electron chi connectivity index (χ1n) is 8.40. The van der Waals surface area contributed by atoms with Gasteiger partial charge in [0.2, 0.25) is 10.0 Å². The molecule has 1 aromatic carbocycles. The van der Waals surface area contributed by atoms with Gasteiger partial charge in [0.15, 0.2) is 11.5 Å². The van der Waals surface area contributed by atoms with Gasteiger partial charge in [-0.1, -0.05) is 6.07 Å². The fourth-order valence-corrected chi connectivity index (χ4v) is 4.85. The van der Waals surface area contributed by atoms with Gasteiger partial charge in [0, 0.05) is 39.0 Å². The van der Waals surface area contributed by atoms with Crippen molar-refractivity contribution in [1.82, 2.24) is 13.9 Å². The molecule has 2 aromatic rings. The molecule has 134 valence electrons. The van der Waals surface area contributed by atoms with E-state index in [1.807, 2.05) is 6.20 Å². The molecule has 25 heavy (non-hydrogen) atoms. The minimum Gasteiger partial charge on any atom is -0.486 e. The maximum absolute atomic E-state index is 13.0. The van der Waals surface area contributed by atoms with E-state index in [1.54, 1.807) is 31.4 Å². The summed E-state index contributed by atoms with van der Waals surface area (Å²) < 4.78 is 40.7. The number of sulfonamides is 1. The van der Waals surface area contributed by atoms with Crippen LogP contribution in [0.4, 0.5) is 0 Å². The summed E-state index contributed by atoms with van der Waals surface area (Å²) in [5.74, 6) is 2.14. The van der Waals surface area contributed by atoms with Gasteiger partial charge in [-0.15, -0.1) is 0 Å². The number of hydrogen-bond donors (Lipinski definition) is 0. The normalized spacial score (nSPS) is 19.7. The third-order valence-electron chi connectivity index (χ3n) is 4.77. The summed E-state index contributed by atoms with van der Waals surface area (Å²) >= 11 is 0. The lowest BCUT2D eigenvalue weighted by Crippen LogP contribution is -2.35. The van der Waals surface area contributed by atoms with Gasteiger partial charge in [-0.05, 0) is 24.5 Å². The van der Waals surface area contributed by atoms with Crippen LogP contribution < -0.4 is 9.47 Å². The Morgan fingerprint density at radius 2 is 2.16 bits per heavy atom. The molecule has 0 unspecified atom stereocenters.